The van der Waals surface area contributed by atoms with Gasteiger partial charge in [-0.05, 0) is 38.1 Å². The number of hydrogen-bond acceptors (Lipinski definition) is 3. The molecule has 0 unspecified atom stereocenters. The molecule has 1 aromatic rings. The van der Waals surface area contributed by atoms with Gasteiger partial charge in [-0.25, -0.2) is 9.29 Å². The first-order valence-corrected chi connectivity index (χ1v) is 6.90. The predicted molar refractivity (Wildman–Crippen MR) is 72.9 cm³/mol. The Kier molecular flexibility index (Phi) is 2.18. The lowest BCUT2D eigenvalue weighted by Gasteiger charge is -2.25. The van der Waals surface area contributed by atoms with Gasteiger partial charge in [0.05, 0.1) is 28.7 Å². The first-order valence-electron chi connectivity index (χ1n) is 6.90. The lowest BCUT2D eigenvalue weighted by Crippen LogP contribution is -2.39. The minimum atomic E-state index is -0.735. The van der Waals surface area contributed by atoms with E-state index in [0.29, 0.717) is 5.69 Å². The molecule has 3 aliphatic heterocycles. The van der Waals surface area contributed by atoms with Crippen LogP contribution >= 0.6 is 0 Å². The number of ether oxygens (including phenoxy) is 1. The van der Waals surface area contributed by atoms with Crippen LogP contribution in [-0.4, -0.2) is 23.0 Å². The second-order valence-corrected chi connectivity index (χ2v) is 6.25. The van der Waals surface area contributed by atoms with Crippen molar-refractivity contribution in [1.29, 1.82) is 0 Å². The summed E-state index contributed by atoms with van der Waals surface area (Å²) in [5, 5.41) is 0. The average molecular weight is 287 g/mol. The number of carbonyl (C=O) groups is 2. The van der Waals surface area contributed by atoms with Gasteiger partial charge in [-0.1, -0.05) is 12.2 Å². The average Bonchev–Trinajstić information content (AvgIpc) is 2.97. The number of amides is 2. The maximum Gasteiger partial charge on any atom is 0.241 e. The molecule has 2 saturated heterocycles. The second-order valence-electron chi connectivity index (χ2n) is 6.25. The molecule has 0 aromatic heterocycles. The number of rotatable bonds is 1. The molecule has 0 spiro atoms. The van der Waals surface area contributed by atoms with Crippen LogP contribution < -0.4 is 4.90 Å². The van der Waals surface area contributed by atoms with Crippen molar-refractivity contribution in [2.24, 2.45) is 11.8 Å². The van der Waals surface area contributed by atoms with Crippen molar-refractivity contribution in [3.05, 3.63) is 42.2 Å². The number of fused-ring (bicyclic) bond motifs is 5. The number of halogens is 1. The molecule has 3 heterocycles. The van der Waals surface area contributed by atoms with Crippen molar-refractivity contribution in [1.82, 2.24) is 0 Å². The molecule has 1 aromatic carbocycles. The molecule has 4 atom stereocenters. The van der Waals surface area contributed by atoms with E-state index in [-0.39, 0.29) is 11.8 Å². The van der Waals surface area contributed by atoms with E-state index in [9.17, 15) is 14.0 Å². The molecule has 0 N–H and O–H groups in total. The number of nitrogens with zero attached hydrogens (tertiary/aromatic N) is 1. The van der Waals surface area contributed by atoms with Crippen molar-refractivity contribution in [3.8, 4) is 0 Å². The summed E-state index contributed by atoms with van der Waals surface area (Å²) < 4.78 is 19.0. The van der Waals surface area contributed by atoms with Crippen LogP contribution in [0.25, 0.3) is 0 Å². The quantitative estimate of drug-likeness (QED) is 0.586. The lowest BCUT2D eigenvalue weighted by molar-refractivity contribution is -0.128. The molecule has 5 heteroatoms. The first-order chi connectivity index (χ1) is 9.86. The van der Waals surface area contributed by atoms with Gasteiger partial charge >= 0.3 is 0 Å². The van der Waals surface area contributed by atoms with Gasteiger partial charge in [0.2, 0.25) is 11.8 Å². The third-order valence-electron chi connectivity index (χ3n) is 4.81. The smallest absolute Gasteiger partial charge is 0.241 e. The SMILES string of the molecule is C[C@]12C=C[C@](C)(O1)[C@@H]1C(=O)N(c3ccc(F)cc3)C(=O)[C@@H]12. The Morgan fingerprint density at radius 2 is 1.48 bits per heavy atom. The summed E-state index contributed by atoms with van der Waals surface area (Å²) >= 11 is 0. The fourth-order valence-electron chi connectivity index (χ4n) is 3.88. The van der Waals surface area contributed by atoms with Crippen molar-refractivity contribution in [2.75, 3.05) is 4.90 Å². The molecular formula is C16H14FNO3. The number of imide groups is 1. The van der Waals surface area contributed by atoms with Gasteiger partial charge in [-0.3, -0.25) is 9.59 Å². The van der Waals surface area contributed by atoms with Crippen molar-refractivity contribution in [2.45, 2.75) is 25.0 Å². The fourth-order valence-corrected chi connectivity index (χ4v) is 3.88. The number of carbonyl (C=O) groups excluding carboxylic acids is 2. The zero-order chi connectivity index (χ0) is 15.0. The fraction of sp³-hybridized carbons (Fsp3) is 0.375. The summed E-state index contributed by atoms with van der Waals surface area (Å²) in [6.07, 6.45) is 3.74. The van der Waals surface area contributed by atoms with Gasteiger partial charge in [0.1, 0.15) is 5.82 Å². The highest BCUT2D eigenvalue weighted by Gasteiger charge is 2.70. The maximum atomic E-state index is 13.0. The third kappa shape index (κ3) is 1.42. The van der Waals surface area contributed by atoms with Crippen LogP contribution in [0.3, 0.4) is 0 Å². The Labute approximate surface area is 121 Å². The van der Waals surface area contributed by atoms with Gasteiger partial charge in [-0.2, -0.15) is 0 Å². The molecule has 3 aliphatic rings. The monoisotopic (exact) mass is 287 g/mol. The topological polar surface area (TPSA) is 46.6 Å². The highest BCUT2D eigenvalue weighted by Crippen LogP contribution is 2.57. The molecule has 4 nitrogen and oxygen atoms in total. The number of anilines is 1. The highest BCUT2D eigenvalue weighted by atomic mass is 19.1. The second kappa shape index (κ2) is 3.60. The van der Waals surface area contributed by atoms with Crippen LogP contribution in [0.5, 0.6) is 0 Å². The van der Waals surface area contributed by atoms with Crippen LogP contribution in [0.4, 0.5) is 10.1 Å². The minimum absolute atomic E-state index is 0.271. The van der Waals surface area contributed by atoms with Crippen molar-refractivity contribution < 1.29 is 18.7 Å². The zero-order valence-electron chi connectivity index (χ0n) is 11.7. The van der Waals surface area contributed by atoms with E-state index in [1.807, 2.05) is 26.0 Å². The van der Waals surface area contributed by atoms with Crippen LogP contribution in [0.15, 0.2) is 36.4 Å². The van der Waals surface area contributed by atoms with Gasteiger partial charge in [0.25, 0.3) is 0 Å². The van der Waals surface area contributed by atoms with Crippen molar-refractivity contribution in [3.63, 3.8) is 0 Å². The minimum Gasteiger partial charge on any atom is -0.359 e. The van der Waals surface area contributed by atoms with E-state index in [4.69, 9.17) is 4.74 Å². The summed E-state index contributed by atoms with van der Waals surface area (Å²) in [5.41, 5.74) is -1.06. The third-order valence-corrected chi connectivity index (χ3v) is 4.81. The summed E-state index contributed by atoms with van der Waals surface area (Å²) in [7, 11) is 0. The normalized spacial score (nSPS) is 40.2. The predicted octanol–water partition coefficient (Wildman–Crippen LogP) is 2.05. The number of benzene rings is 1. The van der Waals surface area contributed by atoms with E-state index < -0.39 is 28.9 Å². The van der Waals surface area contributed by atoms with Gasteiger partial charge < -0.3 is 4.74 Å². The van der Waals surface area contributed by atoms with Crippen LogP contribution in [0.2, 0.25) is 0 Å². The Morgan fingerprint density at radius 1 is 1.00 bits per heavy atom. The van der Waals surface area contributed by atoms with Gasteiger partial charge in [0, 0.05) is 0 Å². The largest absolute Gasteiger partial charge is 0.359 e. The Bertz CT molecular complexity index is 662. The van der Waals surface area contributed by atoms with Crippen LogP contribution in [-0.2, 0) is 14.3 Å². The summed E-state index contributed by atoms with van der Waals surface area (Å²) in [6, 6.07) is 5.40. The summed E-state index contributed by atoms with van der Waals surface area (Å²) in [6.45, 7) is 3.66. The molecule has 2 fully saturated rings. The van der Waals surface area contributed by atoms with E-state index in [1.54, 1.807) is 0 Å². The van der Waals surface area contributed by atoms with Gasteiger partial charge in [-0.15, -0.1) is 0 Å². The van der Waals surface area contributed by atoms with Crippen LogP contribution in [0.1, 0.15) is 13.8 Å². The molecule has 21 heavy (non-hydrogen) atoms. The molecule has 0 saturated carbocycles. The van der Waals surface area contributed by atoms with E-state index in [2.05, 4.69) is 0 Å². The van der Waals surface area contributed by atoms with Crippen molar-refractivity contribution >= 4 is 17.5 Å². The summed E-state index contributed by atoms with van der Waals surface area (Å²) in [5.74, 6) is -1.96. The molecular weight excluding hydrogens is 273 g/mol. The Hall–Kier alpha value is -2.01. The van der Waals surface area contributed by atoms with E-state index in [1.165, 1.54) is 29.2 Å². The molecule has 108 valence electrons. The molecule has 2 amide bonds. The molecule has 0 aliphatic carbocycles. The molecule has 4 rings (SSSR count). The standard InChI is InChI=1S/C16H14FNO3/c1-15-7-8-16(2,21-15)12-11(15)13(19)18(14(12)20)10-5-3-9(17)4-6-10/h3-8,11-12H,1-2H3/t11-,12+,15-,16+. The van der Waals surface area contributed by atoms with E-state index in [0.717, 1.165) is 0 Å². The highest BCUT2D eigenvalue weighted by molar-refractivity contribution is 6.23. The lowest BCUT2D eigenvalue weighted by atomic mass is 9.73. The molecule has 2 bridgehead atoms. The van der Waals surface area contributed by atoms with Gasteiger partial charge in [0.15, 0.2) is 0 Å². The Morgan fingerprint density at radius 3 is 1.95 bits per heavy atom. The Balaban J connectivity index is 1.80. The summed E-state index contributed by atoms with van der Waals surface area (Å²) in [4.78, 5) is 26.6. The first kappa shape index (κ1) is 12.7. The molecule has 0 radical (unpaired) electrons. The maximum absolute atomic E-state index is 13.0. The number of hydrogen-bond donors (Lipinski definition) is 0. The van der Waals surface area contributed by atoms with Crippen LogP contribution in [0, 0.1) is 17.7 Å². The zero-order valence-corrected chi connectivity index (χ0v) is 11.7. The van der Waals surface area contributed by atoms with E-state index >= 15 is 0 Å².